The number of hydrogen-bond acceptors (Lipinski definition) is 2. The fourth-order valence-electron chi connectivity index (χ4n) is 6.03. The van der Waals surface area contributed by atoms with Gasteiger partial charge in [0.1, 0.15) is 0 Å². The topological polar surface area (TPSA) is 26.8 Å². The number of alkyl halides is 6. The Bertz CT molecular complexity index is 1160. The van der Waals surface area contributed by atoms with Crippen LogP contribution in [0, 0.1) is 18.8 Å². The van der Waals surface area contributed by atoms with Crippen LogP contribution in [0.25, 0.3) is 0 Å². The van der Waals surface area contributed by atoms with Crippen molar-refractivity contribution in [2.45, 2.75) is 64.6 Å². The minimum absolute atomic E-state index is 0.109. The molecule has 4 rings (SSSR count). The normalized spacial score (nSPS) is 23.2. The second-order valence-electron chi connectivity index (χ2n) is 11.2. The molecule has 2 aromatic carbocycles. The van der Waals surface area contributed by atoms with Crippen LogP contribution in [0.2, 0.25) is 0 Å². The molecule has 0 spiro atoms. The van der Waals surface area contributed by atoms with E-state index in [1.807, 2.05) is 31.2 Å². The summed E-state index contributed by atoms with van der Waals surface area (Å²) in [6, 6.07) is 8.03. The Morgan fingerprint density at radius 2 is 1.54 bits per heavy atom. The van der Waals surface area contributed by atoms with Gasteiger partial charge in [0, 0.05) is 38.6 Å². The van der Waals surface area contributed by atoms with Gasteiger partial charge in [0.25, 0.3) is 0 Å². The van der Waals surface area contributed by atoms with Gasteiger partial charge in [-0.1, -0.05) is 24.3 Å². The summed E-state index contributed by atoms with van der Waals surface area (Å²) in [7, 11) is 1.44. The highest BCUT2D eigenvalue weighted by molar-refractivity contribution is 5.75. The van der Waals surface area contributed by atoms with Gasteiger partial charge in [-0.3, -0.25) is 0 Å². The number of nitrogens with zero attached hydrogens (tertiary/aromatic N) is 3. The van der Waals surface area contributed by atoms with Crippen LogP contribution in [-0.2, 0) is 12.4 Å². The zero-order chi connectivity index (χ0) is 28.9. The summed E-state index contributed by atoms with van der Waals surface area (Å²) in [4.78, 5) is 19.4. The van der Waals surface area contributed by atoms with E-state index in [9.17, 15) is 31.1 Å². The smallest absolute Gasteiger partial charge is 0.321 e. The van der Waals surface area contributed by atoms with E-state index in [0.29, 0.717) is 30.6 Å². The second-order valence-corrected chi connectivity index (χ2v) is 11.2. The Kier molecular flexibility index (Phi) is 8.00. The Hall–Kier alpha value is -2.75. The standard InChI is InChI=1S/C29H35F6N3O/c1-17(2)37-15-20-10-11-38(26(25(20)16-37)24-9-7-6-8-18(24)3)27(39)36(5)19(4)21-12-22(28(30,31)32)14-23(13-21)29(33,34)35/h6-9,12-14,17,19-20,25-26H,10-11,15-16H2,1-5H3/t19-,20-,25-,26+/m1/s1. The maximum Gasteiger partial charge on any atom is 0.416 e. The van der Waals surface area contributed by atoms with Crippen LogP contribution < -0.4 is 0 Å². The lowest BCUT2D eigenvalue weighted by atomic mass is 9.78. The molecule has 2 aliphatic rings. The third kappa shape index (κ3) is 5.90. The lowest BCUT2D eigenvalue weighted by Gasteiger charge is -2.45. The predicted molar refractivity (Wildman–Crippen MR) is 137 cm³/mol. The van der Waals surface area contributed by atoms with Crippen molar-refractivity contribution in [3.05, 3.63) is 70.3 Å². The molecule has 2 heterocycles. The molecule has 10 heteroatoms. The lowest BCUT2D eigenvalue weighted by molar-refractivity contribution is -0.143. The highest BCUT2D eigenvalue weighted by atomic mass is 19.4. The van der Waals surface area contributed by atoms with E-state index in [1.54, 1.807) is 4.90 Å². The fraction of sp³-hybridized carbons (Fsp3) is 0.552. The third-order valence-electron chi connectivity index (χ3n) is 8.46. The SMILES string of the molecule is Cc1ccccc1[C@H]1[C@@H]2CN(C(C)C)C[C@H]2CCN1C(=O)N(C)[C@H](C)c1cc(C(F)(F)F)cc(C(F)(F)F)c1. The Morgan fingerprint density at radius 3 is 2.08 bits per heavy atom. The molecule has 214 valence electrons. The van der Waals surface area contributed by atoms with Crippen molar-refractivity contribution in [3.8, 4) is 0 Å². The first-order valence-corrected chi connectivity index (χ1v) is 13.2. The van der Waals surface area contributed by atoms with E-state index >= 15 is 0 Å². The second kappa shape index (κ2) is 10.7. The van der Waals surface area contributed by atoms with Crippen molar-refractivity contribution >= 4 is 6.03 Å². The maximum atomic E-state index is 14.0. The van der Waals surface area contributed by atoms with E-state index in [2.05, 4.69) is 18.7 Å². The number of likely N-dealkylation sites (tertiary alicyclic amines) is 2. The van der Waals surface area contributed by atoms with E-state index in [-0.39, 0.29) is 23.6 Å². The molecule has 4 atom stereocenters. The number of fused-ring (bicyclic) bond motifs is 1. The molecule has 0 saturated carbocycles. The summed E-state index contributed by atoms with van der Waals surface area (Å²) in [5.74, 6) is 0.557. The van der Waals surface area contributed by atoms with Crippen LogP contribution in [0.1, 0.15) is 67.1 Å². The van der Waals surface area contributed by atoms with Gasteiger partial charge in [-0.25, -0.2) is 4.79 Å². The zero-order valence-electron chi connectivity index (χ0n) is 22.8. The molecule has 2 aliphatic heterocycles. The quantitative estimate of drug-likeness (QED) is 0.364. The molecule has 2 fully saturated rings. The van der Waals surface area contributed by atoms with Gasteiger partial charge in [0.15, 0.2) is 0 Å². The van der Waals surface area contributed by atoms with Crippen LogP contribution >= 0.6 is 0 Å². The summed E-state index contributed by atoms with van der Waals surface area (Å²) >= 11 is 0. The Morgan fingerprint density at radius 1 is 0.949 bits per heavy atom. The number of piperidine rings is 1. The number of amides is 2. The molecule has 4 nitrogen and oxygen atoms in total. The molecule has 0 radical (unpaired) electrons. The number of carbonyl (C=O) groups excluding carboxylic acids is 1. The number of carbonyl (C=O) groups is 1. The van der Waals surface area contributed by atoms with Crippen molar-refractivity contribution in [2.75, 3.05) is 26.7 Å². The van der Waals surface area contributed by atoms with Crippen LogP contribution in [0.3, 0.4) is 0 Å². The molecule has 2 aromatic rings. The van der Waals surface area contributed by atoms with Crippen molar-refractivity contribution in [2.24, 2.45) is 11.8 Å². The first-order chi connectivity index (χ1) is 18.1. The molecular weight excluding hydrogens is 520 g/mol. The number of rotatable bonds is 4. The molecular formula is C29H35F6N3O. The predicted octanol–water partition coefficient (Wildman–Crippen LogP) is 7.55. The summed E-state index contributed by atoms with van der Waals surface area (Å²) in [6.07, 6.45) is -9.13. The van der Waals surface area contributed by atoms with Gasteiger partial charge in [-0.15, -0.1) is 0 Å². The maximum absolute atomic E-state index is 14.0. The van der Waals surface area contributed by atoms with Crippen LogP contribution in [0.4, 0.5) is 31.1 Å². The first kappa shape index (κ1) is 29.2. The Labute approximate surface area is 225 Å². The van der Waals surface area contributed by atoms with Crippen molar-refractivity contribution in [1.82, 2.24) is 14.7 Å². The van der Waals surface area contributed by atoms with E-state index < -0.39 is 35.6 Å². The van der Waals surface area contributed by atoms with Gasteiger partial charge in [0.05, 0.1) is 23.2 Å². The van der Waals surface area contributed by atoms with E-state index in [0.717, 1.165) is 30.6 Å². The number of urea groups is 1. The fourth-order valence-corrected chi connectivity index (χ4v) is 6.03. The minimum Gasteiger partial charge on any atom is -0.321 e. The first-order valence-electron chi connectivity index (χ1n) is 13.2. The highest BCUT2D eigenvalue weighted by Gasteiger charge is 2.47. The third-order valence-corrected chi connectivity index (χ3v) is 8.46. The van der Waals surface area contributed by atoms with Crippen LogP contribution in [-0.4, -0.2) is 53.5 Å². The summed E-state index contributed by atoms with van der Waals surface area (Å²) in [5, 5.41) is 0. The summed E-state index contributed by atoms with van der Waals surface area (Å²) < 4.78 is 80.9. The molecule has 0 unspecified atom stereocenters. The number of hydrogen-bond donors (Lipinski definition) is 0. The van der Waals surface area contributed by atoms with E-state index in [1.165, 1.54) is 18.9 Å². The van der Waals surface area contributed by atoms with Gasteiger partial charge < -0.3 is 14.7 Å². The molecule has 39 heavy (non-hydrogen) atoms. The Balaban J connectivity index is 1.69. The molecule has 0 bridgehead atoms. The monoisotopic (exact) mass is 555 g/mol. The molecule has 0 aliphatic carbocycles. The molecule has 2 amide bonds. The number of halogens is 6. The highest BCUT2D eigenvalue weighted by Crippen LogP contribution is 2.46. The van der Waals surface area contributed by atoms with Gasteiger partial charge in [-0.05, 0) is 74.9 Å². The molecule has 0 aromatic heterocycles. The summed E-state index contributed by atoms with van der Waals surface area (Å²) in [6.45, 7) is 9.93. The summed E-state index contributed by atoms with van der Waals surface area (Å²) in [5.41, 5.74) is -0.947. The number of benzene rings is 2. The average Bonchev–Trinajstić information content (AvgIpc) is 3.31. The lowest BCUT2D eigenvalue weighted by Crippen LogP contribution is -2.51. The zero-order valence-corrected chi connectivity index (χ0v) is 22.8. The van der Waals surface area contributed by atoms with Crippen LogP contribution in [0.5, 0.6) is 0 Å². The van der Waals surface area contributed by atoms with Crippen LogP contribution in [0.15, 0.2) is 42.5 Å². The molecule has 2 saturated heterocycles. The molecule has 0 N–H and O–H groups in total. The van der Waals surface area contributed by atoms with Gasteiger partial charge in [-0.2, -0.15) is 26.3 Å². The largest absolute Gasteiger partial charge is 0.416 e. The van der Waals surface area contributed by atoms with Crippen molar-refractivity contribution < 1.29 is 31.1 Å². The minimum atomic E-state index is -4.96. The van der Waals surface area contributed by atoms with Crippen molar-refractivity contribution in [3.63, 3.8) is 0 Å². The van der Waals surface area contributed by atoms with Gasteiger partial charge >= 0.3 is 18.4 Å². The van der Waals surface area contributed by atoms with E-state index in [4.69, 9.17) is 0 Å². The number of aryl methyl sites for hydroxylation is 1. The average molecular weight is 556 g/mol. The van der Waals surface area contributed by atoms with Gasteiger partial charge in [0.2, 0.25) is 0 Å². The van der Waals surface area contributed by atoms with Crippen molar-refractivity contribution in [1.29, 1.82) is 0 Å².